The van der Waals surface area contributed by atoms with Crippen LogP contribution in [-0.2, 0) is 19.4 Å². The summed E-state index contributed by atoms with van der Waals surface area (Å²) in [6, 6.07) is 6.20. The Labute approximate surface area is 159 Å². The first kappa shape index (κ1) is 18.7. The fourth-order valence-corrected chi connectivity index (χ4v) is 4.69. The van der Waals surface area contributed by atoms with E-state index in [4.69, 9.17) is 11.6 Å². The molecule has 0 radical (unpaired) electrons. The minimum absolute atomic E-state index is 0.166. The minimum atomic E-state index is -3.31. The van der Waals surface area contributed by atoms with Crippen molar-refractivity contribution in [1.82, 2.24) is 10.2 Å². The number of benzene rings is 1. The maximum atomic E-state index is 12.4. The van der Waals surface area contributed by atoms with Crippen LogP contribution < -0.4 is 5.32 Å². The molecule has 7 nitrogen and oxygen atoms in total. The number of amides is 3. The van der Waals surface area contributed by atoms with E-state index in [1.54, 1.807) is 24.3 Å². The summed E-state index contributed by atoms with van der Waals surface area (Å²) in [4.78, 5) is 37.5. The highest BCUT2D eigenvalue weighted by atomic mass is 35.5. The molecular formula is C16H13ClN2O5S2. The molecular weight excluding hydrogens is 400 g/mol. The monoisotopic (exact) mass is 412 g/mol. The lowest BCUT2D eigenvalue weighted by Crippen LogP contribution is -2.43. The van der Waals surface area contributed by atoms with Crippen molar-refractivity contribution in [2.24, 2.45) is 0 Å². The van der Waals surface area contributed by atoms with Gasteiger partial charge in [-0.1, -0.05) is 29.8 Å². The summed E-state index contributed by atoms with van der Waals surface area (Å²) in [6.07, 6.45) is 2.86. The molecule has 0 bridgehead atoms. The molecule has 26 heavy (non-hydrogen) atoms. The van der Waals surface area contributed by atoms with Gasteiger partial charge in [-0.3, -0.25) is 19.3 Å². The molecule has 2 aliphatic heterocycles. The van der Waals surface area contributed by atoms with Crippen LogP contribution in [0, 0.1) is 0 Å². The van der Waals surface area contributed by atoms with Crippen LogP contribution in [0.3, 0.4) is 0 Å². The lowest BCUT2D eigenvalue weighted by atomic mass is 10.2. The predicted molar refractivity (Wildman–Crippen MR) is 99.0 cm³/mol. The molecule has 2 aliphatic rings. The fraction of sp³-hybridized carbons (Fsp3) is 0.188. The molecule has 1 saturated heterocycles. The summed E-state index contributed by atoms with van der Waals surface area (Å²) in [5.41, 5.74) is 0.588. The van der Waals surface area contributed by atoms with E-state index >= 15 is 0 Å². The number of carbonyl (C=O) groups excluding carboxylic acids is 3. The SMILES string of the molecule is O=C(CN1C(=O)S/C(=C/c2ccccc2Cl)C1=O)N[C@@H]1C=CS(=O)(=O)C1. The summed E-state index contributed by atoms with van der Waals surface area (Å²) in [7, 11) is -3.31. The Balaban J connectivity index is 1.67. The van der Waals surface area contributed by atoms with Crippen LogP contribution in [0.4, 0.5) is 4.79 Å². The second kappa shape index (κ2) is 7.26. The molecule has 3 amide bonds. The highest BCUT2D eigenvalue weighted by molar-refractivity contribution is 8.18. The number of thioether (sulfide) groups is 1. The van der Waals surface area contributed by atoms with Crippen LogP contribution >= 0.6 is 23.4 Å². The number of nitrogens with one attached hydrogen (secondary N) is 1. The van der Waals surface area contributed by atoms with Crippen molar-refractivity contribution in [3.63, 3.8) is 0 Å². The van der Waals surface area contributed by atoms with E-state index < -0.39 is 39.5 Å². The third kappa shape index (κ3) is 4.17. The Morgan fingerprint density at radius 1 is 1.35 bits per heavy atom. The number of sulfone groups is 1. The Bertz CT molecular complexity index is 955. The molecule has 1 N–H and O–H groups in total. The topological polar surface area (TPSA) is 101 Å². The van der Waals surface area contributed by atoms with Gasteiger partial charge in [0.25, 0.3) is 11.1 Å². The molecule has 1 atom stereocenters. The zero-order valence-corrected chi connectivity index (χ0v) is 15.6. The minimum Gasteiger partial charge on any atom is -0.347 e. The predicted octanol–water partition coefficient (Wildman–Crippen LogP) is 1.80. The van der Waals surface area contributed by atoms with E-state index in [1.165, 1.54) is 12.2 Å². The number of hydrogen-bond acceptors (Lipinski definition) is 6. The molecule has 0 saturated carbocycles. The maximum Gasteiger partial charge on any atom is 0.294 e. The average molecular weight is 413 g/mol. The van der Waals surface area contributed by atoms with E-state index in [0.717, 1.165) is 22.1 Å². The largest absolute Gasteiger partial charge is 0.347 e. The quantitative estimate of drug-likeness (QED) is 0.757. The first-order chi connectivity index (χ1) is 12.2. The average Bonchev–Trinajstić information content (AvgIpc) is 3.03. The van der Waals surface area contributed by atoms with Gasteiger partial charge in [0.2, 0.25) is 5.91 Å². The third-order valence-corrected chi connectivity index (χ3v) is 6.29. The van der Waals surface area contributed by atoms with Gasteiger partial charge in [-0.15, -0.1) is 0 Å². The summed E-state index contributed by atoms with van der Waals surface area (Å²) in [5, 5.41) is 3.37. The number of hydrogen-bond donors (Lipinski definition) is 1. The first-order valence-corrected chi connectivity index (χ1v) is 10.4. The van der Waals surface area contributed by atoms with Gasteiger partial charge in [-0.2, -0.15) is 0 Å². The van der Waals surface area contributed by atoms with Crippen molar-refractivity contribution >= 4 is 56.3 Å². The normalized spacial score (nSPS) is 23.0. The summed E-state index contributed by atoms with van der Waals surface area (Å²) in [5.74, 6) is -1.43. The van der Waals surface area contributed by atoms with Gasteiger partial charge in [0.15, 0.2) is 9.84 Å². The molecule has 136 valence electrons. The molecule has 2 heterocycles. The zero-order chi connectivity index (χ0) is 18.9. The Morgan fingerprint density at radius 2 is 2.08 bits per heavy atom. The lowest BCUT2D eigenvalue weighted by molar-refractivity contribution is -0.129. The molecule has 1 aromatic rings. The van der Waals surface area contributed by atoms with E-state index in [9.17, 15) is 22.8 Å². The summed E-state index contributed by atoms with van der Waals surface area (Å²) >= 11 is 6.76. The highest BCUT2D eigenvalue weighted by Gasteiger charge is 2.37. The van der Waals surface area contributed by atoms with Gasteiger partial charge in [0.1, 0.15) is 6.54 Å². The van der Waals surface area contributed by atoms with Crippen molar-refractivity contribution in [2.75, 3.05) is 12.3 Å². The van der Waals surface area contributed by atoms with Crippen molar-refractivity contribution in [3.8, 4) is 0 Å². The summed E-state index contributed by atoms with van der Waals surface area (Å²) in [6.45, 7) is -0.477. The maximum absolute atomic E-state index is 12.4. The lowest BCUT2D eigenvalue weighted by Gasteiger charge is -2.14. The van der Waals surface area contributed by atoms with E-state index in [-0.39, 0.29) is 10.7 Å². The molecule has 1 aromatic carbocycles. The van der Waals surface area contributed by atoms with Crippen molar-refractivity contribution in [2.45, 2.75) is 6.04 Å². The number of halogens is 1. The smallest absolute Gasteiger partial charge is 0.294 e. The van der Waals surface area contributed by atoms with Gasteiger partial charge in [-0.25, -0.2) is 8.42 Å². The van der Waals surface area contributed by atoms with Crippen LogP contribution in [0.2, 0.25) is 5.02 Å². The van der Waals surface area contributed by atoms with E-state index in [2.05, 4.69) is 5.32 Å². The van der Waals surface area contributed by atoms with Gasteiger partial charge in [-0.05, 0) is 35.5 Å². The number of carbonyl (C=O) groups is 3. The van der Waals surface area contributed by atoms with Crippen LogP contribution in [0.5, 0.6) is 0 Å². The Kier molecular flexibility index (Phi) is 5.22. The van der Waals surface area contributed by atoms with Crippen LogP contribution in [0.1, 0.15) is 5.56 Å². The van der Waals surface area contributed by atoms with E-state index in [0.29, 0.717) is 10.6 Å². The molecule has 0 aliphatic carbocycles. The number of nitrogens with zero attached hydrogens (tertiary/aromatic N) is 1. The Hall–Kier alpha value is -2.10. The van der Waals surface area contributed by atoms with Crippen LogP contribution in [-0.4, -0.2) is 48.7 Å². The molecule has 3 rings (SSSR count). The Morgan fingerprint density at radius 3 is 2.73 bits per heavy atom. The van der Waals surface area contributed by atoms with Crippen LogP contribution in [0.15, 0.2) is 40.7 Å². The third-order valence-electron chi connectivity index (χ3n) is 3.64. The summed E-state index contributed by atoms with van der Waals surface area (Å²) < 4.78 is 22.7. The fourth-order valence-electron chi connectivity index (χ4n) is 2.43. The van der Waals surface area contributed by atoms with Crippen molar-refractivity contribution < 1.29 is 22.8 Å². The van der Waals surface area contributed by atoms with Gasteiger partial charge in [0, 0.05) is 10.4 Å². The van der Waals surface area contributed by atoms with Gasteiger partial charge >= 0.3 is 0 Å². The molecule has 0 aromatic heterocycles. The zero-order valence-electron chi connectivity index (χ0n) is 13.2. The number of rotatable bonds is 4. The van der Waals surface area contributed by atoms with Crippen LogP contribution in [0.25, 0.3) is 6.08 Å². The van der Waals surface area contributed by atoms with Crippen molar-refractivity contribution in [3.05, 3.63) is 51.2 Å². The molecule has 10 heteroatoms. The standard InChI is InChI=1S/C16H13ClN2O5S2/c17-12-4-2-1-3-10(12)7-13-15(21)19(16(22)25-13)8-14(20)18-11-5-6-26(23,24)9-11/h1-7,11H,8-9H2,(H,18,20)/b13-7+/t11-/m1/s1. The van der Waals surface area contributed by atoms with Crippen molar-refractivity contribution in [1.29, 1.82) is 0 Å². The van der Waals surface area contributed by atoms with Gasteiger partial charge in [0.05, 0.1) is 16.7 Å². The second-order valence-corrected chi connectivity index (χ2v) is 8.95. The van der Waals surface area contributed by atoms with Gasteiger partial charge < -0.3 is 5.32 Å². The molecule has 1 fully saturated rings. The molecule has 0 spiro atoms. The second-order valence-electron chi connectivity index (χ2n) is 5.62. The highest BCUT2D eigenvalue weighted by Crippen LogP contribution is 2.33. The first-order valence-electron chi connectivity index (χ1n) is 7.45. The number of imide groups is 1. The van der Waals surface area contributed by atoms with E-state index in [1.807, 2.05) is 0 Å². The molecule has 0 unspecified atom stereocenters.